The minimum absolute atomic E-state index is 0.151. The van der Waals surface area contributed by atoms with E-state index in [0.29, 0.717) is 5.92 Å². The van der Waals surface area contributed by atoms with Gasteiger partial charge in [0.2, 0.25) is 0 Å². The van der Waals surface area contributed by atoms with Crippen molar-refractivity contribution in [1.29, 1.82) is 0 Å². The summed E-state index contributed by atoms with van der Waals surface area (Å²) in [4.78, 5) is 0. The number of rotatable bonds is 4. The molecule has 27 heavy (non-hydrogen) atoms. The maximum atomic E-state index is 9.83. The van der Waals surface area contributed by atoms with Gasteiger partial charge in [0.25, 0.3) is 0 Å². The van der Waals surface area contributed by atoms with Crippen LogP contribution in [0, 0.1) is 6.92 Å². The third-order valence-corrected chi connectivity index (χ3v) is 5.51. The fourth-order valence-corrected chi connectivity index (χ4v) is 3.82. The van der Waals surface area contributed by atoms with Crippen molar-refractivity contribution >= 4 is 0 Å². The van der Waals surface area contributed by atoms with Gasteiger partial charge in [0, 0.05) is 11.5 Å². The summed E-state index contributed by atoms with van der Waals surface area (Å²) in [6.07, 6.45) is 3.56. The van der Waals surface area contributed by atoms with Crippen molar-refractivity contribution in [2.75, 3.05) is 7.11 Å². The molecule has 0 saturated heterocycles. The maximum Gasteiger partial charge on any atom is 0.119 e. The molecular weight excluding hydrogens is 336 g/mol. The predicted octanol–water partition coefficient (Wildman–Crippen LogP) is 4.87. The lowest BCUT2D eigenvalue weighted by atomic mass is 9.85. The first-order valence-corrected chi connectivity index (χ1v) is 9.63. The Balaban J connectivity index is 1.75. The normalized spacial score (nSPS) is 19.8. The van der Waals surface area contributed by atoms with Crippen LogP contribution in [0.2, 0.25) is 0 Å². The van der Waals surface area contributed by atoms with E-state index in [2.05, 4.69) is 37.3 Å². The average molecular weight is 362 g/mol. The smallest absolute Gasteiger partial charge is 0.119 e. The van der Waals surface area contributed by atoms with Gasteiger partial charge in [-0.2, -0.15) is 5.10 Å². The van der Waals surface area contributed by atoms with Crippen molar-refractivity contribution in [3.8, 4) is 22.7 Å². The molecule has 2 aromatic carbocycles. The van der Waals surface area contributed by atoms with Crippen LogP contribution in [0.25, 0.3) is 16.9 Å². The number of aliphatic hydroxyl groups excluding tert-OH is 1. The molecule has 0 amide bonds. The van der Waals surface area contributed by atoms with Gasteiger partial charge in [0.05, 0.1) is 30.3 Å². The molecule has 1 heterocycles. The number of hydrogen-bond acceptors (Lipinski definition) is 3. The average Bonchev–Trinajstić information content (AvgIpc) is 3.14. The molecule has 1 N–H and O–H groups in total. The zero-order valence-corrected chi connectivity index (χ0v) is 15.9. The molecule has 0 radical (unpaired) electrons. The molecule has 0 atom stereocenters. The zero-order valence-electron chi connectivity index (χ0n) is 15.9. The summed E-state index contributed by atoms with van der Waals surface area (Å²) in [5.41, 5.74) is 5.64. The van der Waals surface area contributed by atoms with E-state index < -0.39 is 0 Å². The summed E-state index contributed by atoms with van der Waals surface area (Å²) in [6.45, 7) is 2.10. The molecule has 4 heteroatoms. The largest absolute Gasteiger partial charge is 0.497 e. The topological polar surface area (TPSA) is 47.3 Å². The molecule has 0 unspecified atom stereocenters. The standard InChI is InChI=1S/C23H26N2O2/c1-16-3-5-18(6-4-16)23-15-22(17-7-11-20(26)12-8-17)24-25(23)19-9-13-21(27-2)14-10-19/h3-6,9-10,13-15,17,20,26H,7-8,11-12H2,1-2H3. The van der Waals surface area contributed by atoms with E-state index in [0.717, 1.165) is 54.1 Å². The van der Waals surface area contributed by atoms with Crippen molar-refractivity contribution in [1.82, 2.24) is 9.78 Å². The van der Waals surface area contributed by atoms with Crippen molar-refractivity contribution in [3.63, 3.8) is 0 Å². The number of ether oxygens (including phenoxy) is 1. The summed E-state index contributed by atoms with van der Waals surface area (Å²) in [6, 6.07) is 18.8. The van der Waals surface area contributed by atoms with Gasteiger partial charge in [0.1, 0.15) is 5.75 Å². The fraction of sp³-hybridized carbons (Fsp3) is 0.348. The second-order valence-corrected chi connectivity index (χ2v) is 7.44. The van der Waals surface area contributed by atoms with Gasteiger partial charge < -0.3 is 9.84 Å². The van der Waals surface area contributed by atoms with Crippen molar-refractivity contribution in [3.05, 3.63) is 65.9 Å². The van der Waals surface area contributed by atoms with Crippen LogP contribution in [0.15, 0.2) is 54.6 Å². The Bertz CT molecular complexity index is 889. The second-order valence-electron chi connectivity index (χ2n) is 7.44. The van der Waals surface area contributed by atoms with E-state index in [4.69, 9.17) is 9.84 Å². The first kappa shape index (κ1) is 17.8. The molecule has 4 rings (SSSR count). The maximum absolute atomic E-state index is 9.83. The van der Waals surface area contributed by atoms with Gasteiger partial charge in [-0.1, -0.05) is 29.8 Å². The van der Waals surface area contributed by atoms with Crippen LogP contribution >= 0.6 is 0 Å². The molecule has 0 bridgehead atoms. The molecule has 3 aromatic rings. The van der Waals surface area contributed by atoms with Gasteiger partial charge in [-0.25, -0.2) is 4.68 Å². The van der Waals surface area contributed by atoms with Gasteiger partial charge in [-0.15, -0.1) is 0 Å². The lowest BCUT2D eigenvalue weighted by molar-refractivity contribution is 0.122. The molecule has 4 nitrogen and oxygen atoms in total. The minimum Gasteiger partial charge on any atom is -0.497 e. The summed E-state index contributed by atoms with van der Waals surface area (Å²) < 4.78 is 7.32. The minimum atomic E-state index is -0.151. The van der Waals surface area contributed by atoms with Crippen LogP contribution < -0.4 is 4.74 Å². The number of aryl methyl sites for hydroxylation is 1. The van der Waals surface area contributed by atoms with Crippen molar-refractivity contribution in [2.24, 2.45) is 0 Å². The highest BCUT2D eigenvalue weighted by Crippen LogP contribution is 2.35. The van der Waals surface area contributed by atoms with E-state index in [9.17, 15) is 5.11 Å². The highest BCUT2D eigenvalue weighted by atomic mass is 16.5. The Labute approximate surface area is 160 Å². The van der Waals surface area contributed by atoms with Gasteiger partial charge in [-0.05, 0) is 62.9 Å². The second kappa shape index (κ2) is 7.57. The third-order valence-electron chi connectivity index (χ3n) is 5.51. The quantitative estimate of drug-likeness (QED) is 0.720. The molecule has 1 fully saturated rings. The molecule has 1 aliphatic rings. The van der Waals surface area contributed by atoms with Gasteiger partial charge >= 0.3 is 0 Å². The number of benzene rings is 2. The molecule has 1 aromatic heterocycles. The Morgan fingerprint density at radius 2 is 1.63 bits per heavy atom. The monoisotopic (exact) mass is 362 g/mol. The lowest BCUT2D eigenvalue weighted by Gasteiger charge is -2.23. The molecule has 1 aliphatic carbocycles. The zero-order chi connectivity index (χ0) is 18.8. The summed E-state index contributed by atoms with van der Waals surface area (Å²) in [5, 5.41) is 14.8. The fourth-order valence-electron chi connectivity index (χ4n) is 3.82. The molecule has 1 saturated carbocycles. The van der Waals surface area contributed by atoms with Crippen LogP contribution in [0.1, 0.15) is 42.9 Å². The number of aliphatic hydroxyl groups is 1. The molecular formula is C23H26N2O2. The van der Waals surface area contributed by atoms with E-state index in [-0.39, 0.29) is 6.10 Å². The predicted molar refractivity (Wildman–Crippen MR) is 108 cm³/mol. The first-order valence-electron chi connectivity index (χ1n) is 9.63. The van der Waals surface area contributed by atoms with Gasteiger partial charge in [0.15, 0.2) is 0 Å². The summed E-state index contributed by atoms with van der Waals surface area (Å²) >= 11 is 0. The molecule has 0 spiro atoms. The number of aromatic nitrogens is 2. The molecule has 0 aliphatic heterocycles. The van der Waals surface area contributed by atoms with E-state index >= 15 is 0 Å². The van der Waals surface area contributed by atoms with Crippen LogP contribution in [-0.4, -0.2) is 28.1 Å². The van der Waals surface area contributed by atoms with Crippen LogP contribution in [-0.2, 0) is 0 Å². The SMILES string of the molecule is COc1ccc(-n2nc(C3CCC(O)CC3)cc2-c2ccc(C)cc2)cc1. The van der Waals surface area contributed by atoms with Gasteiger partial charge in [-0.3, -0.25) is 0 Å². The van der Waals surface area contributed by atoms with Crippen LogP contribution in [0.3, 0.4) is 0 Å². The highest BCUT2D eigenvalue weighted by Gasteiger charge is 2.24. The Morgan fingerprint density at radius 3 is 2.26 bits per heavy atom. The highest BCUT2D eigenvalue weighted by molar-refractivity contribution is 5.63. The van der Waals surface area contributed by atoms with Crippen LogP contribution in [0.4, 0.5) is 0 Å². The van der Waals surface area contributed by atoms with Crippen molar-refractivity contribution < 1.29 is 9.84 Å². The Morgan fingerprint density at radius 1 is 0.963 bits per heavy atom. The van der Waals surface area contributed by atoms with E-state index in [1.165, 1.54) is 5.56 Å². The van der Waals surface area contributed by atoms with E-state index in [1.807, 2.05) is 28.9 Å². The number of nitrogens with zero attached hydrogens (tertiary/aromatic N) is 2. The summed E-state index contributed by atoms with van der Waals surface area (Å²) in [7, 11) is 1.68. The first-order chi connectivity index (χ1) is 13.1. The Kier molecular flexibility index (Phi) is 4.99. The summed E-state index contributed by atoms with van der Waals surface area (Å²) in [5.74, 6) is 1.25. The van der Waals surface area contributed by atoms with Crippen LogP contribution in [0.5, 0.6) is 5.75 Å². The Hall–Kier alpha value is -2.59. The lowest BCUT2D eigenvalue weighted by Crippen LogP contribution is -2.17. The van der Waals surface area contributed by atoms with E-state index in [1.54, 1.807) is 7.11 Å². The third kappa shape index (κ3) is 3.76. The number of methoxy groups -OCH3 is 1. The molecule has 140 valence electrons. The number of hydrogen-bond donors (Lipinski definition) is 1. The van der Waals surface area contributed by atoms with Crippen molar-refractivity contribution in [2.45, 2.75) is 44.6 Å².